The third-order valence-corrected chi connectivity index (χ3v) is 4.23. The smallest absolute Gasteiger partial charge is 0.164 e. The fourth-order valence-electron chi connectivity index (χ4n) is 2.21. The van der Waals surface area contributed by atoms with Crippen molar-refractivity contribution in [1.82, 2.24) is 19.7 Å². The number of aryl methyl sites for hydroxylation is 1. The van der Waals surface area contributed by atoms with Crippen LogP contribution in [0.15, 0.2) is 29.1 Å². The van der Waals surface area contributed by atoms with Crippen LogP contribution in [-0.4, -0.2) is 31.4 Å². The van der Waals surface area contributed by atoms with E-state index in [4.69, 9.17) is 11.6 Å². The van der Waals surface area contributed by atoms with E-state index < -0.39 is 11.9 Å². The molecule has 2 heterocycles. The van der Waals surface area contributed by atoms with E-state index in [0.717, 1.165) is 0 Å². The van der Waals surface area contributed by atoms with Crippen molar-refractivity contribution in [3.05, 3.63) is 45.5 Å². The van der Waals surface area contributed by atoms with Crippen LogP contribution in [-0.2, 0) is 7.05 Å². The Bertz CT molecular complexity index is 872. The second-order valence-corrected chi connectivity index (χ2v) is 6.06. The van der Waals surface area contributed by atoms with E-state index in [1.807, 2.05) is 0 Å². The van der Waals surface area contributed by atoms with Crippen molar-refractivity contribution >= 4 is 44.4 Å². The highest BCUT2D eigenvalue weighted by Crippen LogP contribution is 2.27. The molecule has 0 spiro atoms. The topological polar surface area (TPSA) is 75.9 Å². The van der Waals surface area contributed by atoms with Crippen LogP contribution in [0.25, 0.3) is 11.0 Å². The van der Waals surface area contributed by atoms with Gasteiger partial charge in [0.2, 0.25) is 0 Å². The number of aliphatic hydroxyl groups is 1. The molecule has 1 unspecified atom stereocenters. The van der Waals surface area contributed by atoms with Gasteiger partial charge in [-0.2, -0.15) is 5.10 Å². The summed E-state index contributed by atoms with van der Waals surface area (Å²) in [6, 6.07) is 4.20. The van der Waals surface area contributed by atoms with E-state index in [-0.39, 0.29) is 11.6 Å². The zero-order valence-electron chi connectivity index (χ0n) is 12.0. The Kier molecular flexibility index (Phi) is 4.47. The second-order valence-electron chi connectivity index (χ2n) is 4.91. The predicted molar refractivity (Wildman–Crippen MR) is 88.9 cm³/mol. The number of anilines is 1. The molecule has 2 aromatic heterocycles. The molecule has 120 valence electrons. The summed E-state index contributed by atoms with van der Waals surface area (Å²) in [7, 11) is 1.77. The first-order valence-corrected chi connectivity index (χ1v) is 7.84. The minimum atomic E-state index is -0.915. The number of benzene rings is 1. The van der Waals surface area contributed by atoms with E-state index in [0.29, 0.717) is 27.0 Å². The number of hydrogen-bond donors (Lipinski definition) is 2. The van der Waals surface area contributed by atoms with Gasteiger partial charge in [-0.05, 0) is 33.6 Å². The molecule has 0 fully saturated rings. The quantitative estimate of drug-likeness (QED) is 0.704. The maximum atomic E-state index is 13.5. The van der Waals surface area contributed by atoms with Crippen molar-refractivity contribution in [3.63, 3.8) is 0 Å². The van der Waals surface area contributed by atoms with Gasteiger partial charge in [-0.15, -0.1) is 0 Å². The maximum absolute atomic E-state index is 13.5. The van der Waals surface area contributed by atoms with Crippen LogP contribution in [0.4, 0.5) is 10.2 Å². The van der Waals surface area contributed by atoms with Gasteiger partial charge in [0.1, 0.15) is 22.6 Å². The molecule has 1 atom stereocenters. The van der Waals surface area contributed by atoms with Crippen LogP contribution in [0.1, 0.15) is 11.7 Å². The first kappa shape index (κ1) is 16.1. The van der Waals surface area contributed by atoms with Crippen LogP contribution in [0, 0.1) is 5.82 Å². The van der Waals surface area contributed by atoms with Gasteiger partial charge in [0, 0.05) is 13.6 Å². The lowest BCUT2D eigenvalue weighted by molar-refractivity contribution is 0.191. The van der Waals surface area contributed by atoms with Crippen molar-refractivity contribution in [3.8, 4) is 0 Å². The SMILES string of the molecule is Cn1nc(Br)c2c(NCC(O)c3ccc(Cl)c(F)c3)ncnc21. The molecule has 3 rings (SSSR count). The normalized spacial score (nSPS) is 12.6. The third-order valence-electron chi connectivity index (χ3n) is 3.37. The van der Waals surface area contributed by atoms with Gasteiger partial charge >= 0.3 is 0 Å². The Balaban J connectivity index is 1.81. The molecule has 0 amide bonds. The molecule has 0 aliphatic carbocycles. The van der Waals surface area contributed by atoms with E-state index in [1.54, 1.807) is 17.8 Å². The van der Waals surface area contributed by atoms with Crippen LogP contribution in [0.5, 0.6) is 0 Å². The lowest BCUT2D eigenvalue weighted by Crippen LogP contribution is -2.13. The summed E-state index contributed by atoms with van der Waals surface area (Å²) >= 11 is 9.00. The maximum Gasteiger partial charge on any atom is 0.164 e. The van der Waals surface area contributed by atoms with Crippen molar-refractivity contribution < 1.29 is 9.50 Å². The largest absolute Gasteiger partial charge is 0.387 e. The first-order chi connectivity index (χ1) is 11.0. The van der Waals surface area contributed by atoms with Crippen molar-refractivity contribution in [2.75, 3.05) is 11.9 Å². The summed E-state index contributed by atoms with van der Waals surface area (Å²) < 4.78 is 15.7. The summed E-state index contributed by atoms with van der Waals surface area (Å²) in [5.41, 5.74) is 1.08. The summed E-state index contributed by atoms with van der Waals surface area (Å²) in [5.74, 6) is -0.0360. The molecule has 0 saturated carbocycles. The standard InChI is InChI=1S/C14H12BrClFN5O/c1-22-14-11(12(15)21-22)13(19-6-20-14)18-5-10(23)7-2-3-8(16)9(17)4-7/h2-4,6,10,23H,5H2,1H3,(H,18,19,20). The van der Waals surface area contributed by atoms with E-state index in [1.165, 1.54) is 18.5 Å². The molecular formula is C14H12BrClFN5O. The molecule has 0 bridgehead atoms. The highest BCUT2D eigenvalue weighted by Gasteiger charge is 2.15. The predicted octanol–water partition coefficient (Wildman–Crippen LogP) is 3.06. The lowest BCUT2D eigenvalue weighted by Gasteiger charge is -2.13. The summed E-state index contributed by atoms with van der Waals surface area (Å²) in [4.78, 5) is 8.33. The number of halogens is 3. The molecule has 1 aromatic carbocycles. The Morgan fingerprint density at radius 3 is 2.96 bits per heavy atom. The summed E-state index contributed by atoms with van der Waals surface area (Å²) in [5, 5.41) is 18.2. The van der Waals surface area contributed by atoms with E-state index in [9.17, 15) is 9.50 Å². The van der Waals surface area contributed by atoms with Gasteiger partial charge in [0.15, 0.2) is 5.65 Å². The Morgan fingerprint density at radius 1 is 1.43 bits per heavy atom. The first-order valence-electron chi connectivity index (χ1n) is 6.67. The van der Waals surface area contributed by atoms with Gasteiger partial charge in [-0.1, -0.05) is 17.7 Å². The number of nitrogens with one attached hydrogen (secondary N) is 1. The third kappa shape index (κ3) is 3.15. The number of rotatable bonds is 4. The van der Waals surface area contributed by atoms with Crippen LogP contribution in [0.3, 0.4) is 0 Å². The fraction of sp³-hybridized carbons (Fsp3) is 0.214. The zero-order chi connectivity index (χ0) is 16.6. The highest BCUT2D eigenvalue weighted by molar-refractivity contribution is 9.10. The molecular weight excluding hydrogens is 389 g/mol. The zero-order valence-corrected chi connectivity index (χ0v) is 14.3. The van der Waals surface area contributed by atoms with Gasteiger partial charge in [0.05, 0.1) is 16.5 Å². The number of aromatic nitrogens is 4. The number of fused-ring (bicyclic) bond motifs is 1. The minimum absolute atomic E-state index is 0.0192. The number of aliphatic hydroxyl groups excluding tert-OH is 1. The van der Waals surface area contributed by atoms with Gasteiger partial charge in [-0.3, -0.25) is 0 Å². The Hall–Kier alpha value is -1.77. The van der Waals surface area contributed by atoms with Gasteiger partial charge < -0.3 is 10.4 Å². The summed E-state index contributed by atoms with van der Waals surface area (Å²) in [6.45, 7) is 0.147. The van der Waals surface area contributed by atoms with Crippen molar-refractivity contribution in [2.24, 2.45) is 7.05 Å². The molecule has 0 saturated heterocycles. The van der Waals surface area contributed by atoms with Crippen LogP contribution in [0.2, 0.25) is 5.02 Å². The van der Waals surface area contributed by atoms with Gasteiger partial charge in [0.25, 0.3) is 0 Å². The van der Waals surface area contributed by atoms with E-state index in [2.05, 4.69) is 36.3 Å². The molecule has 23 heavy (non-hydrogen) atoms. The molecule has 0 aliphatic heterocycles. The molecule has 0 aliphatic rings. The fourth-order valence-corrected chi connectivity index (χ4v) is 2.93. The van der Waals surface area contributed by atoms with Crippen molar-refractivity contribution in [2.45, 2.75) is 6.10 Å². The molecule has 0 radical (unpaired) electrons. The minimum Gasteiger partial charge on any atom is -0.387 e. The van der Waals surface area contributed by atoms with E-state index >= 15 is 0 Å². The average Bonchev–Trinajstić information content (AvgIpc) is 2.83. The number of nitrogens with zero attached hydrogens (tertiary/aromatic N) is 4. The second kappa shape index (κ2) is 6.38. The monoisotopic (exact) mass is 399 g/mol. The average molecular weight is 401 g/mol. The Labute approximate surface area is 144 Å². The molecule has 6 nitrogen and oxygen atoms in total. The highest BCUT2D eigenvalue weighted by atomic mass is 79.9. The van der Waals surface area contributed by atoms with Crippen LogP contribution < -0.4 is 5.32 Å². The van der Waals surface area contributed by atoms with Gasteiger partial charge in [-0.25, -0.2) is 19.0 Å². The molecule has 3 aromatic rings. The number of hydrogen-bond acceptors (Lipinski definition) is 5. The van der Waals surface area contributed by atoms with Crippen LogP contribution >= 0.6 is 27.5 Å². The summed E-state index contributed by atoms with van der Waals surface area (Å²) in [6.07, 6.45) is 0.495. The lowest BCUT2D eigenvalue weighted by atomic mass is 10.1. The van der Waals surface area contributed by atoms with Crippen molar-refractivity contribution in [1.29, 1.82) is 0 Å². The Morgan fingerprint density at radius 2 is 2.22 bits per heavy atom. The molecule has 9 heteroatoms. The molecule has 2 N–H and O–H groups in total.